The Balaban J connectivity index is 1.69. The van der Waals surface area contributed by atoms with Crippen LogP contribution < -0.4 is 5.73 Å². The fraction of sp³-hybridized carbons (Fsp3) is 1.00. The predicted molar refractivity (Wildman–Crippen MR) is 73.5 cm³/mol. The second-order valence-corrected chi connectivity index (χ2v) is 6.39. The zero-order chi connectivity index (χ0) is 12.4. The standard InChI is InChI=1S/C15H28N2O/c16-11-15(13-6-9-18-10-7-13)17-8-2-4-12-3-1-5-14(12)17/h12-15H,1-11,16H2. The van der Waals surface area contributed by atoms with Gasteiger partial charge in [-0.1, -0.05) is 6.42 Å². The normalized spacial score (nSPS) is 36.5. The van der Waals surface area contributed by atoms with E-state index in [1.54, 1.807) is 0 Å². The molecular formula is C15H28N2O. The minimum absolute atomic E-state index is 0.625. The number of likely N-dealkylation sites (tertiary alicyclic amines) is 1. The van der Waals surface area contributed by atoms with E-state index in [1.165, 1.54) is 51.5 Å². The van der Waals surface area contributed by atoms with Crippen molar-refractivity contribution in [2.45, 2.75) is 57.0 Å². The Hall–Kier alpha value is -0.120. The van der Waals surface area contributed by atoms with Crippen LogP contribution in [0.25, 0.3) is 0 Å². The molecule has 2 heterocycles. The van der Waals surface area contributed by atoms with Crippen LogP contribution >= 0.6 is 0 Å². The highest BCUT2D eigenvalue weighted by Crippen LogP contribution is 2.39. The van der Waals surface area contributed by atoms with Gasteiger partial charge in [-0.05, 0) is 56.9 Å². The van der Waals surface area contributed by atoms with Crippen molar-refractivity contribution in [3.05, 3.63) is 0 Å². The molecule has 3 unspecified atom stereocenters. The van der Waals surface area contributed by atoms with E-state index in [4.69, 9.17) is 10.5 Å². The van der Waals surface area contributed by atoms with E-state index in [2.05, 4.69) is 4.90 Å². The third-order valence-corrected chi connectivity index (χ3v) is 5.51. The zero-order valence-corrected chi connectivity index (χ0v) is 11.5. The topological polar surface area (TPSA) is 38.5 Å². The summed E-state index contributed by atoms with van der Waals surface area (Å²) < 4.78 is 5.51. The lowest BCUT2D eigenvalue weighted by atomic mass is 9.85. The van der Waals surface area contributed by atoms with Gasteiger partial charge < -0.3 is 10.5 Å². The van der Waals surface area contributed by atoms with Gasteiger partial charge in [0.25, 0.3) is 0 Å². The number of nitrogens with two attached hydrogens (primary N) is 1. The van der Waals surface area contributed by atoms with Gasteiger partial charge in [-0.2, -0.15) is 0 Å². The van der Waals surface area contributed by atoms with E-state index in [0.29, 0.717) is 6.04 Å². The average Bonchev–Trinajstić information content (AvgIpc) is 2.90. The Morgan fingerprint density at radius 2 is 1.83 bits per heavy atom. The molecule has 104 valence electrons. The van der Waals surface area contributed by atoms with Gasteiger partial charge in [0.05, 0.1) is 0 Å². The number of hydrogen-bond acceptors (Lipinski definition) is 3. The van der Waals surface area contributed by atoms with Crippen LogP contribution in [0.3, 0.4) is 0 Å². The average molecular weight is 252 g/mol. The molecule has 2 saturated heterocycles. The summed E-state index contributed by atoms with van der Waals surface area (Å²) in [7, 11) is 0. The summed E-state index contributed by atoms with van der Waals surface area (Å²) >= 11 is 0. The number of piperidine rings is 1. The summed E-state index contributed by atoms with van der Waals surface area (Å²) in [5.41, 5.74) is 6.13. The monoisotopic (exact) mass is 252 g/mol. The molecule has 1 aliphatic carbocycles. The quantitative estimate of drug-likeness (QED) is 0.835. The van der Waals surface area contributed by atoms with Gasteiger partial charge >= 0.3 is 0 Å². The van der Waals surface area contributed by atoms with Crippen LogP contribution in [0.4, 0.5) is 0 Å². The molecule has 3 atom stereocenters. The fourth-order valence-electron chi connectivity index (χ4n) is 4.60. The fourth-order valence-corrected chi connectivity index (χ4v) is 4.60. The second-order valence-electron chi connectivity index (χ2n) is 6.39. The summed E-state index contributed by atoms with van der Waals surface area (Å²) in [5.74, 6) is 1.76. The summed E-state index contributed by atoms with van der Waals surface area (Å²) in [4.78, 5) is 2.80. The van der Waals surface area contributed by atoms with E-state index >= 15 is 0 Å². The highest BCUT2D eigenvalue weighted by atomic mass is 16.5. The lowest BCUT2D eigenvalue weighted by molar-refractivity contribution is -0.00463. The molecule has 3 fully saturated rings. The molecule has 1 saturated carbocycles. The first-order valence-corrected chi connectivity index (χ1v) is 7.93. The Labute approximate surface area is 111 Å². The molecule has 0 aromatic rings. The van der Waals surface area contributed by atoms with Gasteiger partial charge in [-0.25, -0.2) is 0 Å². The van der Waals surface area contributed by atoms with E-state index in [9.17, 15) is 0 Å². The second kappa shape index (κ2) is 5.89. The minimum Gasteiger partial charge on any atom is -0.381 e. The number of rotatable bonds is 3. The van der Waals surface area contributed by atoms with Crippen molar-refractivity contribution in [2.24, 2.45) is 17.6 Å². The van der Waals surface area contributed by atoms with Crippen LogP contribution in [0.15, 0.2) is 0 Å². The molecule has 0 radical (unpaired) electrons. The Morgan fingerprint density at radius 1 is 1.06 bits per heavy atom. The third-order valence-electron chi connectivity index (χ3n) is 5.51. The lowest BCUT2D eigenvalue weighted by Crippen LogP contribution is -2.54. The molecule has 0 amide bonds. The van der Waals surface area contributed by atoms with E-state index in [0.717, 1.165) is 37.6 Å². The lowest BCUT2D eigenvalue weighted by Gasteiger charge is -2.46. The SMILES string of the molecule is NCC(C1CCOCC1)N1CCCC2CCCC21. The number of nitrogens with zero attached hydrogens (tertiary/aromatic N) is 1. The van der Waals surface area contributed by atoms with E-state index < -0.39 is 0 Å². The first-order chi connectivity index (χ1) is 8.90. The van der Waals surface area contributed by atoms with Gasteiger partial charge in [0.1, 0.15) is 0 Å². The van der Waals surface area contributed by atoms with E-state index in [-0.39, 0.29) is 0 Å². The molecule has 2 aliphatic heterocycles. The van der Waals surface area contributed by atoms with Gasteiger partial charge in [0, 0.05) is 31.8 Å². The molecular weight excluding hydrogens is 224 g/mol. The molecule has 0 aromatic carbocycles. The van der Waals surface area contributed by atoms with Gasteiger partial charge in [0.2, 0.25) is 0 Å². The van der Waals surface area contributed by atoms with Crippen LogP contribution in [0.2, 0.25) is 0 Å². The van der Waals surface area contributed by atoms with Crippen LogP contribution in [-0.4, -0.2) is 43.3 Å². The highest BCUT2D eigenvalue weighted by Gasteiger charge is 2.40. The zero-order valence-electron chi connectivity index (χ0n) is 11.5. The van der Waals surface area contributed by atoms with Gasteiger partial charge in [0.15, 0.2) is 0 Å². The van der Waals surface area contributed by atoms with Crippen LogP contribution in [-0.2, 0) is 4.74 Å². The summed E-state index contributed by atoms with van der Waals surface area (Å²) in [6.45, 7) is 4.03. The van der Waals surface area contributed by atoms with Crippen molar-refractivity contribution in [2.75, 3.05) is 26.3 Å². The molecule has 3 heteroatoms. The molecule has 18 heavy (non-hydrogen) atoms. The molecule has 0 bridgehead atoms. The molecule has 0 spiro atoms. The van der Waals surface area contributed by atoms with Gasteiger partial charge in [-0.15, -0.1) is 0 Å². The molecule has 3 rings (SSSR count). The molecule has 0 aromatic heterocycles. The Kier molecular flexibility index (Phi) is 4.22. The van der Waals surface area contributed by atoms with Crippen molar-refractivity contribution in [1.29, 1.82) is 0 Å². The Bertz CT molecular complexity index is 265. The van der Waals surface area contributed by atoms with Crippen molar-refractivity contribution >= 4 is 0 Å². The summed E-state index contributed by atoms with van der Waals surface area (Å²) in [5, 5.41) is 0. The van der Waals surface area contributed by atoms with Crippen molar-refractivity contribution < 1.29 is 4.74 Å². The van der Waals surface area contributed by atoms with Crippen LogP contribution in [0, 0.1) is 11.8 Å². The smallest absolute Gasteiger partial charge is 0.0469 e. The molecule has 3 nitrogen and oxygen atoms in total. The minimum atomic E-state index is 0.625. The Morgan fingerprint density at radius 3 is 2.61 bits per heavy atom. The maximum atomic E-state index is 6.13. The number of fused-ring (bicyclic) bond motifs is 1. The van der Waals surface area contributed by atoms with E-state index in [1.807, 2.05) is 0 Å². The van der Waals surface area contributed by atoms with Crippen molar-refractivity contribution in [1.82, 2.24) is 4.90 Å². The highest BCUT2D eigenvalue weighted by molar-refractivity contribution is 4.94. The maximum absolute atomic E-state index is 6.13. The van der Waals surface area contributed by atoms with Crippen LogP contribution in [0.1, 0.15) is 44.9 Å². The van der Waals surface area contributed by atoms with Gasteiger partial charge in [-0.3, -0.25) is 4.90 Å². The number of ether oxygens (including phenoxy) is 1. The number of hydrogen-bond donors (Lipinski definition) is 1. The molecule has 3 aliphatic rings. The predicted octanol–water partition coefficient (Wildman–Crippen LogP) is 2.00. The summed E-state index contributed by atoms with van der Waals surface area (Å²) in [6, 6.07) is 1.48. The van der Waals surface area contributed by atoms with Crippen molar-refractivity contribution in [3.63, 3.8) is 0 Å². The summed E-state index contributed by atoms with van der Waals surface area (Å²) in [6.07, 6.45) is 9.62. The van der Waals surface area contributed by atoms with Crippen LogP contribution in [0.5, 0.6) is 0 Å². The van der Waals surface area contributed by atoms with Crippen molar-refractivity contribution in [3.8, 4) is 0 Å². The third kappa shape index (κ3) is 2.45. The first-order valence-electron chi connectivity index (χ1n) is 7.93. The maximum Gasteiger partial charge on any atom is 0.0469 e. The molecule has 2 N–H and O–H groups in total. The first kappa shape index (κ1) is 12.9. The largest absolute Gasteiger partial charge is 0.381 e.